The minimum Gasteiger partial charge on any atom is -0.497 e. The van der Waals surface area contributed by atoms with Gasteiger partial charge in [0.05, 0.1) is 18.6 Å². The fourth-order valence-electron chi connectivity index (χ4n) is 2.78. The number of carbonyl (C=O) groups excluding carboxylic acids is 1. The van der Waals surface area contributed by atoms with Gasteiger partial charge in [-0.2, -0.15) is 0 Å². The maximum Gasteiger partial charge on any atom is 0.232 e. The maximum absolute atomic E-state index is 12.4. The minimum atomic E-state index is -0.547. The van der Waals surface area contributed by atoms with Crippen molar-refractivity contribution in [2.75, 3.05) is 17.7 Å². The van der Waals surface area contributed by atoms with Crippen LogP contribution in [0.5, 0.6) is 5.75 Å². The first-order valence-electron chi connectivity index (χ1n) is 7.33. The summed E-state index contributed by atoms with van der Waals surface area (Å²) in [7, 11) is 1.65. The third-order valence-electron chi connectivity index (χ3n) is 4.23. The average Bonchev–Trinajstić information content (AvgIpc) is 2.53. The van der Waals surface area contributed by atoms with Gasteiger partial charge in [0.1, 0.15) is 5.75 Å². The Labute approximate surface area is 130 Å². The second-order valence-corrected chi connectivity index (χ2v) is 6.07. The molecule has 1 atom stereocenters. The van der Waals surface area contributed by atoms with Gasteiger partial charge >= 0.3 is 0 Å². The van der Waals surface area contributed by atoms with Gasteiger partial charge in [-0.1, -0.05) is 18.2 Å². The summed E-state index contributed by atoms with van der Waals surface area (Å²) in [5.74, 6) is 0.837. The molecule has 0 spiro atoms. The van der Waals surface area contributed by atoms with Crippen LogP contribution in [0.15, 0.2) is 48.5 Å². The van der Waals surface area contributed by atoms with Crippen LogP contribution in [0.25, 0.3) is 0 Å². The molecule has 1 amide bonds. The molecule has 0 fully saturated rings. The Morgan fingerprint density at radius 2 is 1.77 bits per heavy atom. The molecule has 0 saturated carbocycles. The number of methoxy groups -OCH3 is 1. The lowest BCUT2D eigenvalue weighted by Crippen LogP contribution is -2.43. The van der Waals surface area contributed by atoms with Crippen LogP contribution in [0.2, 0.25) is 0 Å². The van der Waals surface area contributed by atoms with Crippen LogP contribution in [0, 0.1) is 5.41 Å². The lowest BCUT2D eigenvalue weighted by molar-refractivity contribution is -0.125. The first kappa shape index (κ1) is 14.4. The Morgan fingerprint density at radius 1 is 1.09 bits per heavy atom. The van der Waals surface area contributed by atoms with Gasteiger partial charge in [-0.25, -0.2) is 0 Å². The largest absolute Gasteiger partial charge is 0.497 e. The molecule has 4 heteroatoms. The number of anilines is 2. The highest BCUT2D eigenvalue weighted by atomic mass is 16.5. The Kier molecular flexibility index (Phi) is 3.53. The van der Waals surface area contributed by atoms with Gasteiger partial charge in [0, 0.05) is 11.4 Å². The van der Waals surface area contributed by atoms with E-state index in [0.29, 0.717) is 0 Å². The summed E-state index contributed by atoms with van der Waals surface area (Å²) in [4.78, 5) is 12.4. The molecule has 0 bridgehead atoms. The van der Waals surface area contributed by atoms with E-state index in [-0.39, 0.29) is 11.9 Å². The van der Waals surface area contributed by atoms with Gasteiger partial charge in [-0.3, -0.25) is 4.79 Å². The summed E-state index contributed by atoms with van der Waals surface area (Å²) in [6, 6.07) is 15.6. The number of nitrogens with one attached hydrogen (secondary N) is 2. The quantitative estimate of drug-likeness (QED) is 0.905. The normalized spacial score (nSPS) is 19.0. The SMILES string of the molecule is COc1ccc(NC2c3ccccc3NC(=O)C2(C)C)cc1. The van der Waals surface area contributed by atoms with Crippen molar-refractivity contribution in [3.05, 3.63) is 54.1 Å². The van der Waals surface area contributed by atoms with E-state index in [0.717, 1.165) is 22.7 Å². The number of fused-ring (bicyclic) bond motifs is 1. The third kappa shape index (κ3) is 2.41. The van der Waals surface area contributed by atoms with Crippen LogP contribution in [0.3, 0.4) is 0 Å². The van der Waals surface area contributed by atoms with Crippen molar-refractivity contribution in [2.45, 2.75) is 19.9 Å². The van der Waals surface area contributed by atoms with Gasteiger partial charge in [0.25, 0.3) is 0 Å². The summed E-state index contributed by atoms with van der Waals surface area (Å²) in [5.41, 5.74) is 2.39. The molecule has 2 N–H and O–H groups in total. The zero-order chi connectivity index (χ0) is 15.7. The van der Waals surface area contributed by atoms with Gasteiger partial charge < -0.3 is 15.4 Å². The number of amides is 1. The van der Waals surface area contributed by atoms with E-state index in [1.807, 2.05) is 56.3 Å². The Morgan fingerprint density at radius 3 is 2.45 bits per heavy atom. The zero-order valence-electron chi connectivity index (χ0n) is 13.0. The first-order chi connectivity index (χ1) is 10.5. The summed E-state index contributed by atoms with van der Waals surface area (Å²) in [6.07, 6.45) is 0. The first-order valence-corrected chi connectivity index (χ1v) is 7.33. The summed E-state index contributed by atoms with van der Waals surface area (Å²) >= 11 is 0. The van der Waals surface area contributed by atoms with Gasteiger partial charge in [-0.05, 0) is 49.7 Å². The predicted molar refractivity (Wildman–Crippen MR) is 88.2 cm³/mol. The van der Waals surface area contributed by atoms with E-state index >= 15 is 0 Å². The molecule has 3 rings (SSSR count). The molecule has 0 aromatic heterocycles. The smallest absolute Gasteiger partial charge is 0.232 e. The number of benzene rings is 2. The molecule has 114 valence electrons. The van der Waals surface area contributed by atoms with Crippen molar-refractivity contribution in [3.63, 3.8) is 0 Å². The molecular weight excluding hydrogens is 276 g/mol. The highest BCUT2D eigenvalue weighted by Crippen LogP contribution is 2.43. The standard InChI is InChI=1S/C18H20N2O2/c1-18(2)16(19-12-8-10-13(22-3)11-9-12)14-6-4-5-7-15(14)20-17(18)21/h4-11,16,19H,1-3H3,(H,20,21). The highest BCUT2D eigenvalue weighted by Gasteiger charge is 2.42. The Bertz CT molecular complexity index is 692. The minimum absolute atomic E-state index is 0.0252. The summed E-state index contributed by atoms with van der Waals surface area (Å²) < 4.78 is 5.18. The molecule has 1 aliphatic heterocycles. The van der Waals surface area contributed by atoms with Gasteiger partial charge in [0.15, 0.2) is 0 Å². The predicted octanol–water partition coefficient (Wildman–Crippen LogP) is 3.83. The fourth-order valence-corrected chi connectivity index (χ4v) is 2.78. The molecule has 2 aromatic rings. The van der Waals surface area contributed by atoms with E-state index in [1.54, 1.807) is 7.11 Å². The number of carbonyl (C=O) groups is 1. The van der Waals surface area contributed by atoms with Crippen molar-refractivity contribution >= 4 is 17.3 Å². The number of hydrogen-bond donors (Lipinski definition) is 2. The van der Waals surface area contributed by atoms with Gasteiger partial charge in [0.2, 0.25) is 5.91 Å². The molecular formula is C18H20N2O2. The van der Waals surface area contributed by atoms with Crippen LogP contribution in [0.4, 0.5) is 11.4 Å². The maximum atomic E-state index is 12.4. The topological polar surface area (TPSA) is 50.4 Å². The molecule has 1 heterocycles. The van der Waals surface area contributed by atoms with Gasteiger partial charge in [-0.15, -0.1) is 0 Å². The van der Waals surface area contributed by atoms with Crippen molar-refractivity contribution < 1.29 is 9.53 Å². The Hall–Kier alpha value is -2.49. The zero-order valence-corrected chi connectivity index (χ0v) is 13.0. The second-order valence-electron chi connectivity index (χ2n) is 6.07. The summed E-state index contributed by atoms with van der Waals surface area (Å²) in [5, 5.41) is 6.48. The lowest BCUT2D eigenvalue weighted by atomic mass is 9.76. The van der Waals surface area contributed by atoms with Crippen molar-refractivity contribution in [1.29, 1.82) is 0 Å². The molecule has 0 aliphatic carbocycles. The second kappa shape index (κ2) is 5.37. The monoisotopic (exact) mass is 296 g/mol. The molecule has 22 heavy (non-hydrogen) atoms. The average molecular weight is 296 g/mol. The van der Waals surface area contributed by atoms with E-state index < -0.39 is 5.41 Å². The molecule has 1 aliphatic rings. The Balaban J connectivity index is 1.97. The van der Waals surface area contributed by atoms with Crippen LogP contribution in [-0.2, 0) is 4.79 Å². The van der Waals surface area contributed by atoms with E-state index in [2.05, 4.69) is 16.7 Å². The van der Waals surface area contributed by atoms with Crippen molar-refractivity contribution in [3.8, 4) is 5.75 Å². The highest BCUT2D eigenvalue weighted by molar-refractivity contribution is 5.99. The van der Waals surface area contributed by atoms with Crippen molar-refractivity contribution in [2.24, 2.45) is 5.41 Å². The fraction of sp³-hybridized carbons (Fsp3) is 0.278. The van der Waals surface area contributed by atoms with Crippen LogP contribution in [0.1, 0.15) is 25.5 Å². The number of rotatable bonds is 3. The number of hydrogen-bond acceptors (Lipinski definition) is 3. The molecule has 0 radical (unpaired) electrons. The lowest BCUT2D eigenvalue weighted by Gasteiger charge is -2.39. The third-order valence-corrected chi connectivity index (χ3v) is 4.23. The number of ether oxygens (including phenoxy) is 1. The molecule has 1 unspecified atom stereocenters. The molecule has 2 aromatic carbocycles. The van der Waals surface area contributed by atoms with E-state index in [1.165, 1.54) is 0 Å². The van der Waals surface area contributed by atoms with Crippen molar-refractivity contribution in [1.82, 2.24) is 0 Å². The number of para-hydroxylation sites is 1. The van der Waals surface area contributed by atoms with Crippen LogP contribution >= 0.6 is 0 Å². The van der Waals surface area contributed by atoms with Crippen LogP contribution in [-0.4, -0.2) is 13.0 Å². The van der Waals surface area contributed by atoms with E-state index in [4.69, 9.17) is 4.74 Å². The van der Waals surface area contributed by atoms with Crippen LogP contribution < -0.4 is 15.4 Å². The molecule has 4 nitrogen and oxygen atoms in total. The summed E-state index contributed by atoms with van der Waals surface area (Å²) in [6.45, 7) is 3.92. The van der Waals surface area contributed by atoms with E-state index in [9.17, 15) is 4.79 Å². The molecule has 0 saturated heterocycles.